The molecule has 0 aliphatic carbocycles. The monoisotopic (exact) mass is 1050 g/mol. The third kappa shape index (κ3) is 13.0. The summed E-state index contributed by atoms with van der Waals surface area (Å²) in [5, 5.41) is 45.1. The number of ether oxygens (including phenoxy) is 2. The van der Waals surface area contributed by atoms with Gasteiger partial charge in [0.1, 0.15) is 55.4 Å². The summed E-state index contributed by atoms with van der Waals surface area (Å²) in [6.45, 7) is 7.25. The van der Waals surface area contributed by atoms with Gasteiger partial charge >= 0.3 is 6.09 Å². The largest absolute Gasteiger partial charge is 0.445 e. The van der Waals surface area contributed by atoms with Crippen molar-refractivity contribution < 1.29 is 58.4 Å². The van der Waals surface area contributed by atoms with Gasteiger partial charge in [0.05, 0.1) is 28.3 Å². The van der Waals surface area contributed by atoms with E-state index in [-0.39, 0.29) is 49.5 Å². The van der Waals surface area contributed by atoms with Crippen molar-refractivity contribution in [2.75, 3.05) is 37.4 Å². The van der Waals surface area contributed by atoms with Crippen LogP contribution < -0.4 is 26.6 Å². The van der Waals surface area contributed by atoms with Gasteiger partial charge in [0.15, 0.2) is 17.7 Å². The SMILES string of the molecule is CC=CC(I)(CC)C1CC(=O)N(CCC(=O)N[C@H](C(=O)N[C@@H](C)C(=O)Nc2ccc(COC(=O)N(C)CC(=O)N[C@@H]3[C@@H](O)[C@H](O)[C@H](Nc4ncnc5nc[nH]c45)O[C@H]3CO)cc2)C(C)C)C1=O. The van der Waals surface area contributed by atoms with E-state index in [1.807, 2.05) is 26.0 Å². The van der Waals surface area contributed by atoms with Crippen molar-refractivity contribution in [3.05, 3.63) is 54.6 Å². The average molecular weight is 1050 g/mol. The Kier molecular flexibility index (Phi) is 18.1. The Balaban J connectivity index is 1.03. The number of hydrogen-bond acceptors (Lipinski definition) is 16. The normalized spacial score (nSPS) is 22.5. The third-order valence-electron chi connectivity index (χ3n) is 11.4. The van der Waals surface area contributed by atoms with Gasteiger partial charge in [0.2, 0.25) is 35.4 Å². The van der Waals surface area contributed by atoms with Crippen LogP contribution in [0.3, 0.4) is 0 Å². The number of nitrogens with one attached hydrogen (secondary N) is 6. The van der Waals surface area contributed by atoms with Crippen molar-refractivity contribution in [1.29, 1.82) is 0 Å². The number of benzene rings is 1. The summed E-state index contributed by atoms with van der Waals surface area (Å²) in [7, 11) is 1.31. The van der Waals surface area contributed by atoms with Crippen LogP contribution in [0.25, 0.3) is 11.2 Å². The quantitative estimate of drug-likeness (QED) is 0.0321. The number of aliphatic hydroxyl groups is 3. The maximum absolute atomic E-state index is 13.3. The number of halogens is 1. The van der Waals surface area contributed by atoms with E-state index < -0.39 is 94.9 Å². The maximum Gasteiger partial charge on any atom is 0.410 e. The van der Waals surface area contributed by atoms with E-state index in [0.29, 0.717) is 28.8 Å². The standard InChI is InChI=1S/C43H58IN11O12/c1-7-14-43(44,8-2)26-16-30(59)55(41(26)64)15-13-28(57)51-31(22(3)4)39(63)49-23(5)38(62)50-25-11-9-24(10-12-25)19-66-42(65)54(6)17-29(58)52-32-27(18-56)67-40(35(61)34(32)60)53-37-33-36(46-20-45-33)47-21-48-37/h7,9-12,14,20-23,26-27,31-32,34-35,40,56,60-61H,8,13,15-19H2,1-6H3,(H,49,63)(H,50,62)(H,51,57)(H,52,58)(H2,45,46,47,48,53)/t23-,26?,27-,31-,32-,34+,35-,40+,43?/m0/s1. The molecule has 0 radical (unpaired) electrons. The number of carbonyl (C=O) groups is 7. The molecule has 1 aromatic carbocycles. The fourth-order valence-electron chi connectivity index (χ4n) is 7.54. The van der Waals surface area contributed by atoms with Crippen molar-refractivity contribution >= 4 is 86.8 Å². The Labute approximate surface area is 399 Å². The summed E-state index contributed by atoms with van der Waals surface area (Å²) in [4.78, 5) is 108. The highest BCUT2D eigenvalue weighted by Crippen LogP contribution is 2.40. The van der Waals surface area contributed by atoms with Crippen molar-refractivity contribution in [3.63, 3.8) is 0 Å². The van der Waals surface area contributed by atoms with E-state index in [4.69, 9.17) is 9.47 Å². The number of allylic oxidation sites excluding steroid dienone is 2. The molecule has 0 saturated carbocycles. The Morgan fingerprint density at radius 3 is 2.42 bits per heavy atom. The van der Waals surface area contributed by atoms with Crippen molar-refractivity contribution in [2.24, 2.45) is 11.8 Å². The summed E-state index contributed by atoms with van der Waals surface area (Å²) in [5.74, 6) is -3.80. The Morgan fingerprint density at radius 1 is 1.04 bits per heavy atom. The minimum atomic E-state index is -1.60. The first kappa shape index (κ1) is 52.1. The number of aromatic nitrogens is 4. The van der Waals surface area contributed by atoms with Gasteiger partial charge in [-0.05, 0) is 43.9 Å². The van der Waals surface area contributed by atoms with Crippen LogP contribution in [-0.2, 0) is 44.8 Å². The van der Waals surface area contributed by atoms with Crippen molar-refractivity contribution in [2.45, 2.75) is 107 Å². The second-order valence-electron chi connectivity index (χ2n) is 16.6. The number of aromatic amines is 1. The number of fused-ring (bicyclic) bond motifs is 1. The first-order chi connectivity index (χ1) is 31.8. The second-order valence-corrected chi connectivity index (χ2v) is 18.6. The molecule has 24 heteroatoms. The first-order valence-electron chi connectivity index (χ1n) is 21.7. The Hall–Kier alpha value is -5.83. The summed E-state index contributed by atoms with van der Waals surface area (Å²) >= 11 is 2.20. The zero-order valence-electron chi connectivity index (χ0n) is 37.9. The van der Waals surface area contributed by atoms with Gasteiger partial charge in [-0.2, -0.15) is 0 Å². The predicted molar refractivity (Wildman–Crippen MR) is 249 cm³/mol. The zero-order valence-corrected chi connectivity index (χ0v) is 40.1. The number of alkyl halides is 1. The van der Waals surface area contributed by atoms with Crippen LogP contribution in [0.1, 0.15) is 59.4 Å². The molecule has 9 atom stereocenters. The molecule has 7 amide bonds. The fourth-order valence-corrected chi connectivity index (χ4v) is 8.39. The van der Waals surface area contributed by atoms with E-state index in [1.165, 1.54) is 26.6 Å². The molecule has 2 saturated heterocycles. The Morgan fingerprint density at radius 2 is 1.76 bits per heavy atom. The number of likely N-dealkylation sites (N-methyl/N-ethyl adjacent to an activating group) is 1. The summed E-state index contributed by atoms with van der Waals surface area (Å²) in [6, 6.07) is 3.00. The molecule has 23 nitrogen and oxygen atoms in total. The van der Waals surface area contributed by atoms with E-state index in [2.05, 4.69) is 69.1 Å². The van der Waals surface area contributed by atoms with Gasteiger partial charge < -0.3 is 61.3 Å². The minimum absolute atomic E-state index is 0.0544. The molecule has 2 unspecified atom stereocenters. The van der Waals surface area contributed by atoms with Crippen LogP contribution in [-0.4, -0.2) is 159 Å². The number of nitrogens with zero attached hydrogens (tertiary/aromatic N) is 5. The maximum atomic E-state index is 13.3. The van der Waals surface area contributed by atoms with E-state index in [0.717, 1.165) is 9.80 Å². The number of hydrogen-bond donors (Lipinski definition) is 9. The number of anilines is 2. The lowest BCUT2D eigenvalue weighted by atomic mass is 9.88. The van der Waals surface area contributed by atoms with Crippen LogP contribution in [0.5, 0.6) is 0 Å². The molecule has 2 aliphatic rings. The van der Waals surface area contributed by atoms with Gasteiger partial charge in [0, 0.05) is 32.1 Å². The first-order valence-corrected chi connectivity index (χ1v) is 22.7. The summed E-state index contributed by atoms with van der Waals surface area (Å²) in [5.41, 5.74) is 1.66. The number of H-pyrrole nitrogens is 1. The molecular weight excluding hydrogens is 989 g/mol. The molecule has 2 fully saturated rings. The molecule has 2 aromatic heterocycles. The number of carbonyl (C=O) groups excluding carboxylic acids is 7. The molecule has 0 spiro atoms. The topological polar surface area (TPSA) is 320 Å². The van der Waals surface area contributed by atoms with Crippen LogP contribution >= 0.6 is 22.6 Å². The van der Waals surface area contributed by atoms with Crippen LogP contribution in [0.2, 0.25) is 0 Å². The minimum Gasteiger partial charge on any atom is -0.445 e. The predicted octanol–water partition coefficient (Wildman–Crippen LogP) is 0.466. The number of rotatable bonds is 20. The molecule has 67 heavy (non-hydrogen) atoms. The molecule has 4 heterocycles. The fraction of sp³-hybridized carbons (Fsp3) is 0.535. The van der Waals surface area contributed by atoms with E-state index in [1.54, 1.807) is 38.1 Å². The number of aliphatic hydroxyl groups excluding tert-OH is 3. The van der Waals surface area contributed by atoms with Gasteiger partial charge in [-0.3, -0.25) is 33.7 Å². The van der Waals surface area contributed by atoms with E-state index in [9.17, 15) is 48.9 Å². The average Bonchev–Trinajstić information content (AvgIpc) is 3.90. The van der Waals surface area contributed by atoms with Crippen molar-refractivity contribution in [1.82, 2.24) is 45.7 Å². The van der Waals surface area contributed by atoms with Crippen LogP contribution in [0, 0.1) is 11.8 Å². The molecular formula is C43H58IN11O12. The number of likely N-dealkylation sites (tertiary alicyclic amines) is 1. The van der Waals surface area contributed by atoms with Gasteiger partial charge in [0.25, 0.3) is 0 Å². The molecule has 9 N–H and O–H groups in total. The van der Waals surface area contributed by atoms with Gasteiger partial charge in [-0.15, -0.1) is 0 Å². The molecule has 2 aliphatic heterocycles. The number of amides is 7. The van der Waals surface area contributed by atoms with Crippen LogP contribution in [0.15, 0.2) is 49.1 Å². The van der Waals surface area contributed by atoms with Crippen LogP contribution in [0.4, 0.5) is 16.3 Å². The van der Waals surface area contributed by atoms with Crippen molar-refractivity contribution in [3.8, 4) is 0 Å². The number of imide groups is 1. The summed E-state index contributed by atoms with van der Waals surface area (Å²) < 4.78 is 10.6. The molecule has 0 bridgehead atoms. The number of imidazole rings is 1. The van der Waals surface area contributed by atoms with Gasteiger partial charge in [-0.1, -0.05) is 67.6 Å². The lowest BCUT2D eigenvalue weighted by Crippen LogP contribution is -2.66. The third-order valence-corrected chi connectivity index (χ3v) is 13.3. The highest BCUT2D eigenvalue weighted by Gasteiger charge is 2.48. The highest BCUT2D eigenvalue weighted by atomic mass is 127. The molecule has 5 rings (SSSR count). The summed E-state index contributed by atoms with van der Waals surface area (Å²) in [6.07, 6.45) is 0.464. The molecule has 364 valence electrons. The van der Waals surface area contributed by atoms with Gasteiger partial charge in [-0.25, -0.2) is 19.7 Å². The zero-order chi connectivity index (χ0) is 49.2. The Bertz CT molecular complexity index is 2300. The smallest absolute Gasteiger partial charge is 0.410 e. The van der Waals surface area contributed by atoms with E-state index >= 15 is 0 Å². The molecule has 3 aromatic rings. The lowest BCUT2D eigenvalue weighted by molar-refractivity contribution is -0.185. The highest BCUT2D eigenvalue weighted by molar-refractivity contribution is 14.1. The lowest BCUT2D eigenvalue weighted by Gasteiger charge is -2.42. The second kappa shape index (κ2) is 23.3.